The second kappa shape index (κ2) is 9.78. The SMILES string of the molecule is C=CC(CCC)[C@]12OC[C@](COC(C)=O)(O1)[C@@H](OC(C)=O)[C@H](OC(C)=O)[C@H]2OC(C)=O. The lowest BCUT2D eigenvalue weighted by molar-refractivity contribution is -0.339. The molecule has 2 rings (SSSR count). The van der Waals surface area contributed by atoms with E-state index in [1.807, 2.05) is 6.92 Å². The van der Waals surface area contributed by atoms with Crippen molar-refractivity contribution in [2.45, 2.75) is 77.2 Å². The number of hydrogen-bond donors (Lipinski definition) is 0. The van der Waals surface area contributed by atoms with Crippen LogP contribution in [0.5, 0.6) is 0 Å². The molecule has 0 aromatic rings. The smallest absolute Gasteiger partial charge is 0.303 e. The third-order valence-electron chi connectivity index (χ3n) is 5.23. The summed E-state index contributed by atoms with van der Waals surface area (Å²) in [6.45, 7) is 10.1. The van der Waals surface area contributed by atoms with Crippen molar-refractivity contribution in [3.63, 3.8) is 0 Å². The molecule has 2 heterocycles. The third-order valence-corrected chi connectivity index (χ3v) is 5.23. The van der Waals surface area contributed by atoms with Gasteiger partial charge < -0.3 is 28.4 Å². The van der Waals surface area contributed by atoms with E-state index in [4.69, 9.17) is 28.4 Å². The normalized spacial score (nSPS) is 32.5. The van der Waals surface area contributed by atoms with Gasteiger partial charge in [0.1, 0.15) is 6.61 Å². The maximum Gasteiger partial charge on any atom is 0.303 e. The molecule has 10 heteroatoms. The summed E-state index contributed by atoms with van der Waals surface area (Å²) in [5.41, 5.74) is -1.48. The number of carbonyl (C=O) groups is 4. The van der Waals surface area contributed by atoms with Crippen molar-refractivity contribution in [1.29, 1.82) is 0 Å². The highest BCUT2D eigenvalue weighted by molar-refractivity contribution is 5.69. The summed E-state index contributed by atoms with van der Waals surface area (Å²) in [5.74, 6) is -4.70. The second-order valence-corrected chi connectivity index (χ2v) is 7.72. The first kappa shape index (κ1) is 24.8. The van der Waals surface area contributed by atoms with Crippen molar-refractivity contribution >= 4 is 23.9 Å². The maximum absolute atomic E-state index is 12.0. The Morgan fingerprint density at radius 3 is 2.06 bits per heavy atom. The first-order chi connectivity index (χ1) is 14.5. The van der Waals surface area contributed by atoms with Crippen LogP contribution in [0.2, 0.25) is 0 Å². The fourth-order valence-electron chi connectivity index (χ4n) is 4.14. The molecule has 2 bridgehead atoms. The van der Waals surface area contributed by atoms with Crippen molar-refractivity contribution < 1.29 is 47.6 Å². The van der Waals surface area contributed by atoms with E-state index < -0.39 is 59.5 Å². The Balaban J connectivity index is 2.67. The maximum atomic E-state index is 12.0. The molecule has 1 unspecified atom stereocenters. The van der Waals surface area contributed by atoms with Crippen molar-refractivity contribution in [1.82, 2.24) is 0 Å². The molecular formula is C21H30O10. The van der Waals surface area contributed by atoms with Gasteiger partial charge in [-0.05, 0) is 6.42 Å². The van der Waals surface area contributed by atoms with Crippen LogP contribution in [0.15, 0.2) is 12.7 Å². The largest absolute Gasteiger partial charge is 0.463 e. The summed E-state index contributed by atoms with van der Waals surface area (Å²) in [5, 5.41) is 0. The van der Waals surface area contributed by atoms with E-state index in [2.05, 4.69) is 6.58 Å². The lowest BCUT2D eigenvalue weighted by atomic mass is 9.79. The van der Waals surface area contributed by atoms with Gasteiger partial charge in [0.2, 0.25) is 5.79 Å². The molecule has 2 aliphatic heterocycles. The van der Waals surface area contributed by atoms with Gasteiger partial charge in [0, 0.05) is 33.6 Å². The molecule has 0 aromatic carbocycles. The van der Waals surface area contributed by atoms with Crippen LogP contribution < -0.4 is 0 Å². The minimum absolute atomic E-state index is 0.165. The zero-order valence-corrected chi connectivity index (χ0v) is 18.5. The van der Waals surface area contributed by atoms with E-state index in [-0.39, 0.29) is 13.2 Å². The van der Waals surface area contributed by atoms with E-state index in [1.165, 1.54) is 27.7 Å². The Hall–Kier alpha value is -2.46. The Labute approximate surface area is 181 Å². The molecular weight excluding hydrogens is 412 g/mol. The molecule has 174 valence electrons. The molecule has 0 amide bonds. The Morgan fingerprint density at radius 1 is 1.00 bits per heavy atom. The lowest BCUT2D eigenvalue weighted by Gasteiger charge is -2.51. The number of ether oxygens (including phenoxy) is 6. The number of hydrogen-bond acceptors (Lipinski definition) is 10. The molecule has 0 radical (unpaired) electrons. The molecule has 6 atom stereocenters. The van der Waals surface area contributed by atoms with Gasteiger partial charge in [-0.25, -0.2) is 0 Å². The van der Waals surface area contributed by atoms with Gasteiger partial charge in [0.15, 0.2) is 23.9 Å². The topological polar surface area (TPSA) is 124 Å². The Morgan fingerprint density at radius 2 is 1.58 bits per heavy atom. The molecule has 10 nitrogen and oxygen atoms in total. The minimum Gasteiger partial charge on any atom is -0.463 e. The molecule has 2 saturated heterocycles. The summed E-state index contributed by atoms with van der Waals surface area (Å²) < 4.78 is 34.2. The van der Waals surface area contributed by atoms with Crippen LogP contribution in [0.25, 0.3) is 0 Å². The Kier molecular flexibility index (Phi) is 7.82. The predicted molar refractivity (Wildman–Crippen MR) is 104 cm³/mol. The average Bonchev–Trinajstić information content (AvgIpc) is 3.02. The number of carbonyl (C=O) groups excluding carboxylic acids is 4. The summed E-state index contributed by atoms with van der Waals surface area (Å²) in [4.78, 5) is 47.4. The summed E-state index contributed by atoms with van der Waals surface area (Å²) in [6, 6.07) is 0. The molecule has 2 fully saturated rings. The first-order valence-corrected chi connectivity index (χ1v) is 10.1. The fourth-order valence-corrected chi connectivity index (χ4v) is 4.14. The number of esters is 4. The second-order valence-electron chi connectivity index (χ2n) is 7.72. The van der Waals surface area contributed by atoms with Gasteiger partial charge in [-0.1, -0.05) is 19.4 Å². The van der Waals surface area contributed by atoms with Crippen LogP contribution in [0, 0.1) is 5.92 Å². The van der Waals surface area contributed by atoms with Crippen molar-refractivity contribution in [3.05, 3.63) is 12.7 Å². The zero-order valence-electron chi connectivity index (χ0n) is 18.5. The van der Waals surface area contributed by atoms with Crippen molar-refractivity contribution in [2.75, 3.05) is 13.2 Å². The fraction of sp³-hybridized carbons (Fsp3) is 0.714. The van der Waals surface area contributed by atoms with Crippen LogP contribution >= 0.6 is 0 Å². The Bertz CT molecular complexity index is 734. The molecule has 31 heavy (non-hydrogen) atoms. The number of rotatable bonds is 9. The van der Waals surface area contributed by atoms with E-state index in [0.717, 1.165) is 6.42 Å². The van der Waals surface area contributed by atoms with E-state index in [9.17, 15) is 19.2 Å². The van der Waals surface area contributed by atoms with Crippen LogP contribution in [0.4, 0.5) is 0 Å². The van der Waals surface area contributed by atoms with Gasteiger partial charge in [-0.2, -0.15) is 0 Å². The highest BCUT2D eigenvalue weighted by Crippen LogP contribution is 2.52. The third kappa shape index (κ3) is 5.07. The van der Waals surface area contributed by atoms with E-state index in [1.54, 1.807) is 6.08 Å². The van der Waals surface area contributed by atoms with Gasteiger partial charge in [0.05, 0.1) is 6.61 Å². The number of fused-ring (bicyclic) bond motifs is 2. The molecule has 0 saturated carbocycles. The summed E-state index contributed by atoms with van der Waals surface area (Å²) in [7, 11) is 0. The van der Waals surface area contributed by atoms with Crippen LogP contribution in [0.3, 0.4) is 0 Å². The van der Waals surface area contributed by atoms with Gasteiger partial charge in [0.25, 0.3) is 0 Å². The molecule has 0 aromatic heterocycles. The highest BCUT2D eigenvalue weighted by Gasteiger charge is 2.73. The van der Waals surface area contributed by atoms with Crippen LogP contribution in [-0.2, 0) is 47.6 Å². The van der Waals surface area contributed by atoms with Crippen molar-refractivity contribution in [2.24, 2.45) is 5.92 Å². The zero-order chi connectivity index (χ0) is 23.4. The molecule has 0 N–H and O–H groups in total. The van der Waals surface area contributed by atoms with E-state index in [0.29, 0.717) is 6.42 Å². The van der Waals surface area contributed by atoms with Gasteiger partial charge in [-0.3, -0.25) is 19.2 Å². The molecule has 2 aliphatic rings. The first-order valence-electron chi connectivity index (χ1n) is 10.1. The van der Waals surface area contributed by atoms with Gasteiger partial charge in [-0.15, -0.1) is 6.58 Å². The molecule has 0 spiro atoms. The van der Waals surface area contributed by atoms with Crippen LogP contribution in [0.1, 0.15) is 47.5 Å². The summed E-state index contributed by atoms with van der Waals surface area (Å²) >= 11 is 0. The van der Waals surface area contributed by atoms with Crippen molar-refractivity contribution in [3.8, 4) is 0 Å². The highest BCUT2D eigenvalue weighted by atomic mass is 16.8. The molecule has 0 aliphatic carbocycles. The predicted octanol–water partition coefficient (Wildman–Crippen LogP) is 1.44. The van der Waals surface area contributed by atoms with E-state index >= 15 is 0 Å². The summed E-state index contributed by atoms with van der Waals surface area (Å²) in [6.07, 6.45) is -0.910. The quantitative estimate of drug-likeness (QED) is 0.294. The van der Waals surface area contributed by atoms with Crippen LogP contribution in [-0.4, -0.2) is 66.8 Å². The lowest BCUT2D eigenvalue weighted by Crippen LogP contribution is -2.71. The monoisotopic (exact) mass is 442 g/mol. The minimum atomic E-state index is -1.58. The standard InChI is InChI=1S/C21H30O10/c1-7-9-16(8-2)21-19(30-15(6)25)17(28-13(4)23)18(29-14(5)24)20(31-21,11-27-21)10-26-12(3)22/h8,16-19H,2,7,9-11H2,1,3-6H3/t16?,17-,18-,19+,20-,21-/m0/s1. The average molecular weight is 442 g/mol. The van der Waals surface area contributed by atoms with Gasteiger partial charge >= 0.3 is 23.9 Å².